The number of aliphatic hydroxyl groups is 1. The number of aromatic nitrogens is 3. The summed E-state index contributed by atoms with van der Waals surface area (Å²) in [6.45, 7) is 3.31. The minimum Gasteiger partial charge on any atom is -0.381 e. The van der Waals surface area contributed by atoms with Crippen molar-refractivity contribution in [1.82, 2.24) is 19.7 Å². The van der Waals surface area contributed by atoms with E-state index in [0.717, 1.165) is 25.1 Å². The molecule has 1 aromatic heterocycles. The van der Waals surface area contributed by atoms with E-state index in [1.54, 1.807) is 0 Å². The lowest BCUT2D eigenvalue weighted by atomic mass is 9.85. The van der Waals surface area contributed by atoms with Crippen molar-refractivity contribution < 1.29 is 13.9 Å². The number of nitrogens with zero attached hydrogens (tertiary/aromatic N) is 4. The van der Waals surface area contributed by atoms with Crippen LogP contribution >= 0.6 is 0 Å². The van der Waals surface area contributed by atoms with Gasteiger partial charge in [-0.15, -0.1) is 0 Å². The van der Waals surface area contributed by atoms with E-state index in [9.17, 15) is 13.9 Å². The first-order valence-electron chi connectivity index (χ1n) is 7.90. The van der Waals surface area contributed by atoms with E-state index >= 15 is 0 Å². The van der Waals surface area contributed by atoms with Gasteiger partial charge in [-0.05, 0) is 19.4 Å². The van der Waals surface area contributed by atoms with Crippen molar-refractivity contribution in [3.8, 4) is 0 Å². The van der Waals surface area contributed by atoms with Crippen molar-refractivity contribution in [2.24, 2.45) is 0 Å². The molecule has 0 fully saturated rings. The van der Waals surface area contributed by atoms with Gasteiger partial charge in [-0.2, -0.15) is 5.10 Å². The summed E-state index contributed by atoms with van der Waals surface area (Å²) in [6, 6.07) is 2.86. The fourth-order valence-corrected chi connectivity index (χ4v) is 3.16. The third-order valence-electron chi connectivity index (χ3n) is 4.60. The molecule has 1 aliphatic rings. The fraction of sp³-hybridized carbons (Fsp3) is 0.412. The molecule has 1 aliphatic heterocycles. The highest BCUT2D eigenvalue weighted by molar-refractivity contribution is 5.27. The van der Waals surface area contributed by atoms with Gasteiger partial charge >= 0.3 is 0 Å². The number of halogens is 2. The number of benzene rings is 1. The highest BCUT2D eigenvalue weighted by Crippen LogP contribution is 2.33. The van der Waals surface area contributed by atoms with Crippen molar-refractivity contribution in [3.63, 3.8) is 0 Å². The zero-order valence-corrected chi connectivity index (χ0v) is 13.4. The molecule has 2 aromatic rings. The zero-order chi connectivity index (χ0) is 17.2. The maximum absolute atomic E-state index is 14.4. The Hall–Kier alpha value is -2.12. The van der Waals surface area contributed by atoms with E-state index in [1.807, 2.05) is 13.0 Å². The molecule has 1 N–H and O–H groups in total. The molecular weight excluding hydrogens is 314 g/mol. The van der Waals surface area contributed by atoms with E-state index in [-0.39, 0.29) is 12.1 Å². The standard InChI is InChI=1S/C17H20F2N4O/c1-13(22-7-3-2-4-8-22)17(24,10-23-12-20-11-21-23)15-6-5-14(18)9-16(15)19/h2-3,5-6,9,11-13,24H,4,7-8,10H2,1H3/t13-,17-/m0/s1. The lowest BCUT2D eigenvalue weighted by molar-refractivity contribution is -0.0614. The van der Waals surface area contributed by atoms with Crippen molar-refractivity contribution >= 4 is 0 Å². The molecule has 0 bridgehead atoms. The van der Waals surface area contributed by atoms with Crippen LogP contribution in [-0.4, -0.2) is 43.9 Å². The summed E-state index contributed by atoms with van der Waals surface area (Å²) in [4.78, 5) is 5.94. The van der Waals surface area contributed by atoms with Crippen LogP contribution in [0.25, 0.3) is 0 Å². The first kappa shape index (κ1) is 16.7. The summed E-state index contributed by atoms with van der Waals surface area (Å²) in [5, 5.41) is 15.4. The average Bonchev–Trinajstić information content (AvgIpc) is 3.07. The zero-order valence-electron chi connectivity index (χ0n) is 13.4. The molecule has 1 aromatic carbocycles. The van der Waals surface area contributed by atoms with E-state index in [1.165, 1.54) is 23.4 Å². The Balaban J connectivity index is 2.00. The van der Waals surface area contributed by atoms with Crippen LogP contribution in [0.1, 0.15) is 18.9 Å². The summed E-state index contributed by atoms with van der Waals surface area (Å²) in [6.07, 6.45) is 7.80. The highest BCUT2D eigenvalue weighted by Gasteiger charge is 2.41. The number of rotatable bonds is 5. The van der Waals surface area contributed by atoms with Gasteiger partial charge in [0.05, 0.1) is 6.54 Å². The molecule has 0 spiro atoms. The molecule has 0 saturated carbocycles. The van der Waals surface area contributed by atoms with Crippen LogP contribution < -0.4 is 0 Å². The Morgan fingerprint density at radius 1 is 1.33 bits per heavy atom. The highest BCUT2D eigenvalue weighted by atomic mass is 19.1. The van der Waals surface area contributed by atoms with Gasteiger partial charge in [-0.1, -0.05) is 18.2 Å². The molecule has 0 aliphatic carbocycles. The third-order valence-corrected chi connectivity index (χ3v) is 4.60. The summed E-state index contributed by atoms with van der Waals surface area (Å²) in [7, 11) is 0. The Bertz CT molecular complexity index is 719. The molecule has 5 nitrogen and oxygen atoms in total. The van der Waals surface area contributed by atoms with Gasteiger partial charge in [-0.3, -0.25) is 4.90 Å². The first-order chi connectivity index (χ1) is 11.5. The van der Waals surface area contributed by atoms with Crippen LogP contribution in [0.5, 0.6) is 0 Å². The van der Waals surface area contributed by atoms with Gasteiger partial charge in [0.15, 0.2) is 0 Å². The molecule has 0 unspecified atom stereocenters. The van der Waals surface area contributed by atoms with E-state index < -0.39 is 23.3 Å². The Morgan fingerprint density at radius 2 is 2.17 bits per heavy atom. The molecule has 24 heavy (non-hydrogen) atoms. The molecule has 0 amide bonds. The van der Waals surface area contributed by atoms with E-state index in [2.05, 4.69) is 21.1 Å². The van der Waals surface area contributed by atoms with Crippen LogP contribution in [0.2, 0.25) is 0 Å². The molecular formula is C17H20F2N4O. The van der Waals surface area contributed by atoms with Crippen LogP contribution in [0.15, 0.2) is 43.0 Å². The Morgan fingerprint density at radius 3 is 2.79 bits per heavy atom. The molecule has 0 saturated heterocycles. The third kappa shape index (κ3) is 3.22. The van der Waals surface area contributed by atoms with Gasteiger partial charge in [-0.25, -0.2) is 18.4 Å². The Labute approximate surface area is 139 Å². The maximum Gasteiger partial charge on any atom is 0.137 e. The van der Waals surface area contributed by atoms with Gasteiger partial charge in [0.1, 0.15) is 29.9 Å². The van der Waals surface area contributed by atoms with Crippen molar-refractivity contribution in [1.29, 1.82) is 0 Å². The first-order valence-corrected chi connectivity index (χ1v) is 7.90. The van der Waals surface area contributed by atoms with Crippen LogP contribution in [0, 0.1) is 11.6 Å². The quantitative estimate of drug-likeness (QED) is 0.851. The van der Waals surface area contributed by atoms with E-state index in [0.29, 0.717) is 6.54 Å². The second kappa shape index (κ2) is 6.78. The van der Waals surface area contributed by atoms with Crippen molar-refractivity contribution in [2.45, 2.75) is 31.5 Å². The predicted molar refractivity (Wildman–Crippen MR) is 85.1 cm³/mol. The molecule has 7 heteroatoms. The van der Waals surface area contributed by atoms with Gasteiger partial charge < -0.3 is 5.11 Å². The Kier molecular flexibility index (Phi) is 4.73. The second-order valence-corrected chi connectivity index (χ2v) is 6.07. The lowest BCUT2D eigenvalue weighted by Gasteiger charge is -2.41. The van der Waals surface area contributed by atoms with Crippen LogP contribution in [0.3, 0.4) is 0 Å². The monoisotopic (exact) mass is 334 g/mol. The maximum atomic E-state index is 14.4. The number of hydrogen-bond donors (Lipinski definition) is 1. The topological polar surface area (TPSA) is 54.2 Å². The minimum atomic E-state index is -1.57. The smallest absolute Gasteiger partial charge is 0.137 e. The molecule has 3 rings (SSSR count). The van der Waals surface area contributed by atoms with Crippen molar-refractivity contribution in [2.75, 3.05) is 13.1 Å². The van der Waals surface area contributed by atoms with Crippen LogP contribution in [-0.2, 0) is 12.1 Å². The fourth-order valence-electron chi connectivity index (χ4n) is 3.16. The average molecular weight is 334 g/mol. The minimum absolute atomic E-state index is 0.0247. The van der Waals surface area contributed by atoms with Gasteiger partial charge in [0.25, 0.3) is 0 Å². The lowest BCUT2D eigenvalue weighted by Crippen LogP contribution is -2.52. The summed E-state index contributed by atoms with van der Waals surface area (Å²) in [5.41, 5.74) is -1.52. The van der Waals surface area contributed by atoms with Gasteiger partial charge in [0.2, 0.25) is 0 Å². The molecule has 0 radical (unpaired) electrons. The van der Waals surface area contributed by atoms with Crippen molar-refractivity contribution in [3.05, 3.63) is 60.2 Å². The molecule has 2 heterocycles. The summed E-state index contributed by atoms with van der Waals surface area (Å²) < 4.78 is 29.2. The van der Waals surface area contributed by atoms with Crippen LogP contribution in [0.4, 0.5) is 8.78 Å². The largest absolute Gasteiger partial charge is 0.381 e. The van der Waals surface area contributed by atoms with E-state index in [4.69, 9.17) is 0 Å². The normalized spacial score (nSPS) is 19.2. The predicted octanol–water partition coefficient (Wildman–Crippen LogP) is 2.09. The number of hydrogen-bond acceptors (Lipinski definition) is 4. The SMILES string of the molecule is C[C@H](N1CC=CCC1)[C@@](O)(Cn1cncn1)c1ccc(F)cc1F. The van der Waals surface area contributed by atoms with Gasteiger partial charge in [0, 0.05) is 30.8 Å². The summed E-state index contributed by atoms with van der Waals surface area (Å²) >= 11 is 0. The molecule has 128 valence electrons. The second-order valence-electron chi connectivity index (χ2n) is 6.07. The summed E-state index contributed by atoms with van der Waals surface area (Å²) in [5.74, 6) is -1.44. The molecule has 2 atom stereocenters.